The van der Waals surface area contributed by atoms with E-state index in [-0.39, 0.29) is 27.5 Å². The van der Waals surface area contributed by atoms with Crippen molar-refractivity contribution in [3.05, 3.63) is 119 Å². The molecule has 0 bridgehead atoms. The summed E-state index contributed by atoms with van der Waals surface area (Å²) in [7, 11) is -4.62. The maximum absolute atomic E-state index is 16.3. The normalized spacial score (nSPS) is 13.5. The molecule has 4 aromatic rings. The lowest BCUT2D eigenvalue weighted by Crippen LogP contribution is -2.56. The molecule has 0 saturated carbocycles. The Labute approximate surface area is 249 Å². The van der Waals surface area contributed by atoms with Gasteiger partial charge >= 0.3 is 5.92 Å². The minimum absolute atomic E-state index is 0.00652. The summed E-state index contributed by atoms with van der Waals surface area (Å²) in [6.45, 7) is 0.192. The standard InChI is InChI=1S/C29H24F4N6O4S/c1-18-2-10-23(11-3-18)44(41,42)27(38-35)39(36)17-28(40,24-12-6-20(30)14-25(24)31)29(32,33)26-13-9-22(16-37-26)43-21-7-4-19(15-34)5-8-21/h2-14,16,40H,17,35-36H2,1H3/b38-27+. The third kappa shape index (κ3) is 6.18. The number of hydrazine groups is 1. The van der Waals surface area contributed by atoms with Crippen LogP contribution in [-0.2, 0) is 21.4 Å². The van der Waals surface area contributed by atoms with Crippen LogP contribution in [0.25, 0.3) is 0 Å². The van der Waals surface area contributed by atoms with Crippen molar-refractivity contribution in [2.45, 2.75) is 23.3 Å². The van der Waals surface area contributed by atoms with Crippen molar-refractivity contribution in [1.82, 2.24) is 9.99 Å². The van der Waals surface area contributed by atoms with Crippen molar-refractivity contribution in [2.24, 2.45) is 16.8 Å². The number of hydrogen-bond donors (Lipinski definition) is 3. The van der Waals surface area contributed by atoms with E-state index >= 15 is 8.78 Å². The average Bonchev–Trinajstić information content (AvgIpc) is 2.98. The van der Waals surface area contributed by atoms with Gasteiger partial charge < -0.3 is 15.7 Å². The lowest BCUT2D eigenvalue weighted by Gasteiger charge is -2.38. The number of halogens is 4. The third-order valence-corrected chi connectivity index (χ3v) is 8.21. The molecule has 3 aromatic carbocycles. The number of ether oxygens (including phenoxy) is 1. The molecule has 44 heavy (non-hydrogen) atoms. The summed E-state index contributed by atoms with van der Waals surface area (Å²) < 4.78 is 93.2. The predicted octanol–water partition coefficient (Wildman–Crippen LogP) is 4.19. The molecule has 1 heterocycles. The fourth-order valence-corrected chi connectivity index (χ4v) is 5.40. The minimum atomic E-state index is -4.62. The van der Waals surface area contributed by atoms with Crippen LogP contribution in [0.3, 0.4) is 0 Å². The molecule has 1 aromatic heterocycles. The molecule has 0 aliphatic carbocycles. The number of rotatable bonds is 8. The van der Waals surface area contributed by atoms with E-state index in [0.717, 1.165) is 18.3 Å². The topological polar surface area (TPSA) is 168 Å². The number of nitrogens with zero attached hydrogens (tertiary/aromatic N) is 4. The number of amidine groups is 1. The van der Waals surface area contributed by atoms with Gasteiger partial charge in [0, 0.05) is 11.6 Å². The highest BCUT2D eigenvalue weighted by atomic mass is 32.2. The van der Waals surface area contributed by atoms with Gasteiger partial charge in [0.2, 0.25) is 9.84 Å². The molecule has 228 valence electrons. The van der Waals surface area contributed by atoms with Crippen LogP contribution in [0, 0.1) is 29.9 Å². The quantitative estimate of drug-likeness (QED) is 0.0852. The molecular formula is C29H24F4N6O4S. The fraction of sp³-hybridized carbons (Fsp3) is 0.138. The SMILES string of the molecule is Cc1ccc(S(=O)(=O)/C(=N/N)N(N)CC(O)(c2ccc(F)cc2F)C(F)(F)c2ccc(Oc3ccc(C#N)cc3)cn2)cc1. The Morgan fingerprint density at radius 1 is 1.05 bits per heavy atom. The van der Waals surface area contributed by atoms with Crippen LogP contribution in [0.2, 0.25) is 0 Å². The summed E-state index contributed by atoms with van der Waals surface area (Å²) in [5.41, 5.74) is -4.82. The maximum Gasteiger partial charge on any atom is 0.323 e. The molecule has 4 rings (SSSR count). The number of benzene rings is 3. The lowest BCUT2D eigenvalue weighted by atomic mass is 9.84. The number of aromatic nitrogens is 1. The van der Waals surface area contributed by atoms with Gasteiger partial charge in [-0.1, -0.05) is 17.7 Å². The van der Waals surface area contributed by atoms with Gasteiger partial charge in [0.1, 0.15) is 28.8 Å². The van der Waals surface area contributed by atoms with E-state index in [1.165, 1.54) is 48.5 Å². The first-order chi connectivity index (χ1) is 20.7. The Hall–Kier alpha value is -5.04. The Morgan fingerprint density at radius 2 is 1.68 bits per heavy atom. The molecule has 0 aliphatic rings. The zero-order valence-corrected chi connectivity index (χ0v) is 23.6. The number of hydrazone groups is 1. The molecular weight excluding hydrogens is 604 g/mol. The van der Waals surface area contributed by atoms with E-state index in [0.29, 0.717) is 23.3 Å². The monoisotopic (exact) mass is 628 g/mol. The Bertz CT molecular complexity index is 1830. The van der Waals surface area contributed by atoms with Gasteiger partial charge in [-0.3, -0.25) is 9.99 Å². The zero-order chi connectivity index (χ0) is 32.3. The van der Waals surface area contributed by atoms with Crippen LogP contribution < -0.4 is 16.4 Å². The predicted molar refractivity (Wildman–Crippen MR) is 150 cm³/mol. The van der Waals surface area contributed by atoms with Gasteiger partial charge in [0.05, 0.1) is 29.3 Å². The van der Waals surface area contributed by atoms with E-state index in [4.69, 9.17) is 21.7 Å². The molecule has 0 spiro atoms. The average molecular weight is 629 g/mol. The molecule has 0 radical (unpaired) electrons. The first kappa shape index (κ1) is 31.9. The highest BCUT2D eigenvalue weighted by Crippen LogP contribution is 2.46. The van der Waals surface area contributed by atoms with Gasteiger partial charge in [-0.05, 0) is 67.6 Å². The van der Waals surface area contributed by atoms with E-state index < -0.39 is 56.0 Å². The third-order valence-electron chi connectivity index (χ3n) is 6.50. The number of sulfone groups is 1. The molecule has 15 heteroatoms. The molecule has 1 unspecified atom stereocenters. The van der Waals surface area contributed by atoms with E-state index in [9.17, 15) is 22.3 Å². The summed E-state index contributed by atoms with van der Waals surface area (Å²) >= 11 is 0. The van der Waals surface area contributed by atoms with E-state index in [1.54, 1.807) is 6.92 Å². The Morgan fingerprint density at radius 3 is 2.23 bits per heavy atom. The van der Waals surface area contributed by atoms with Gasteiger partial charge in [0.25, 0.3) is 5.17 Å². The van der Waals surface area contributed by atoms with Crippen molar-refractivity contribution >= 4 is 15.0 Å². The molecule has 0 fully saturated rings. The number of hydrogen-bond acceptors (Lipinski definition) is 9. The van der Waals surface area contributed by atoms with Crippen LogP contribution in [-0.4, -0.2) is 35.2 Å². The van der Waals surface area contributed by atoms with Crippen LogP contribution in [0.5, 0.6) is 11.5 Å². The molecule has 0 amide bonds. The Kier molecular flexibility index (Phi) is 8.91. The van der Waals surface area contributed by atoms with Gasteiger partial charge in [-0.2, -0.15) is 19.1 Å². The summed E-state index contributed by atoms with van der Waals surface area (Å²) in [4.78, 5) is 3.34. The van der Waals surface area contributed by atoms with Crippen molar-refractivity contribution in [1.29, 1.82) is 5.26 Å². The van der Waals surface area contributed by atoms with Crippen LogP contribution in [0.4, 0.5) is 17.6 Å². The van der Waals surface area contributed by atoms with Crippen molar-refractivity contribution in [2.75, 3.05) is 6.54 Å². The molecule has 5 N–H and O–H groups in total. The molecule has 10 nitrogen and oxygen atoms in total. The van der Waals surface area contributed by atoms with Gasteiger partial charge in [0.15, 0.2) is 5.60 Å². The van der Waals surface area contributed by atoms with E-state index in [2.05, 4.69) is 10.1 Å². The Balaban J connectivity index is 1.73. The molecule has 0 saturated heterocycles. The molecule has 1 atom stereocenters. The second kappa shape index (κ2) is 12.3. The van der Waals surface area contributed by atoms with Crippen LogP contribution >= 0.6 is 0 Å². The number of aliphatic hydroxyl groups is 1. The van der Waals surface area contributed by atoms with Crippen molar-refractivity contribution in [3.8, 4) is 17.6 Å². The smallest absolute Gasteiger partial charge is 0.323 e. The summed E-state index contributed by atoms with van der Waals surface area (Å²) in [6.07, 6.45) is 0.901. The highest BCUT2D eigenvalue weighted by Gasteiger charge is 2.58. The summed E-state index contributed by atoms with van der Waals surface area (Å²) in [5.74, 6) is 4.24. The van der Waals surface area contributed by atoms with Crippen LogP contribution in [0.15, 0.2) is 95.1 Å². The lowest BCUT2D eigenvalue weighted by molar-refractivity contribution is -0.204. The van der Waals surface area contributed by atoms with Crippen molar-refractivity contribution < 1.29 is 35.8 Å². The number of pyridine rings is 1. The fourth-order valence-electron chi connectivity index (χ4n) is 4.19. The number of nitrogens with two attached hydrogens (primary N) is 2. The van der Waals surface area contributed by atoms with E-state index in [1.807, 2.05) is 6.07 Å². The number of aryl methyl sites for hydroxylation is 1. The largest absolute Gasteiger partial charge is 0.456 e. The second-order valence-corrected chi connectivity index (χ2v) is 11.4. The van der Waals surface area contributed by atoms with Gasteiger partial charge in [-0.25, -0.2) is 23.0 Å². The zero-order valence-electron chi connectivity index (χ0n) is 22.8. The van der Waals surface area contributed by atoms with Crippen LogP contribution in [0.1, 0.15) is 22.4 Å². The molecule has 0 aliphatic heterocycles. The van der Waals surface area contributed by atoms with Crippen molar-refractivity contribution in [3.63, 3.8) is 0 Å². The summed E-state index contributed by atoms with van der Waals surface area (Å²) in [6, 6.07) is 16.5. The highest BCUT2D eigenvalue weighted by molar-refractivity contribution is 8.06. The summed E-state index contributed by atoms with van der Waals surface area (Å²) in [5, 5.41) is 22.6. The van der Waals surface area contributed by atoms with Gasteiger partial charge in [-0.15, -0.1) is 0 Å². The maximum atomic E-state index is 16.3. The number of nitriles is 1. The minimum Gasteiger partial charge on any atom is -0.456 e. The first-order valence-electron chi connectivity index (χ1n) is 12.5. The number of alkyl halides is 2. The first-order valence-corrected chi connectivity index (χ1v) is 14.0. The second-order valence-electron chi connectivity index (χ2n) is 9.53.